The summed E-state index contributed by atoms with van der Waals surface area (Å²) in [5.74, 6) is 0.0678. The van der Waals surface area contributed by atoms with Gasteiger partial charge in [-0.05, 0) is 18.8 Å². The van der Waals surface area contributed by atoms with Crippen LogP contribution in [0.2, 0.25) is 0 Å². The minimum absolute atomic E-state index is 0.114. The van der Waals surface area contributed by atoms with Crippen molar-refractivity contribution in [3.63, 3.8) is 0 Å². The first-order chi connectivity index (χ1) is 8.74. The van der Waals surface area contributed by atoms with Crippen LogP contribution in [0.1, 0.15) is 23.3 Å². The number of carbonyl (C=O) groups excluding carboxylic acids is 1. The summed E-state index contributed by atoms with van der Waals surface area (Å²) in [5.41, 5.74) is 5.76. The van der Waals surface area contributed by atoms with E-state index in [0.29, 0.717) is 25.3 Å². The third-order valence-corrected chi connectivity index (χ3v) is 3.18. The summed E-state index contributed by atoms with van der Waals surface area (Å²) in [6.45, 7) is 2.47. The minimum Gasteiger partial charge on any atom is -0.396 e. The molecule has 1 aromatic heterocycles. The van der Waals surface area contributed by atoms with Gasteiger partial charge in [-0.25, -0.2) is 0 Å². The summed E-state index contributed by atoms with van der Waals surface area (Å²) in [4.78, 5) is 13.9. The number of piperidine rings is 1. The third kappa shape index (κ3) is 2.85. The van der Waals surface area contributed by atoms with Gasteiger partial charge in [-0.1, -0.05) is 5.21 Å². The molecule has 0 aliphatic carbocycles. The lowest BCUT2D eigenvalue weighted by Crippen LogP contribution is -2.41. The van der Waals surface area contributed by atoms with E-state index in [9.17, 15) is 4.79 Å². The number of carbonyl (C=O) groups is 1. The standard InChI is InChI=1S/C11H19N5O2/c12-3-5-16-7-10(13-14-16)11(18)15-4-1-2-9(6-15)8-17/h7,9,17H,1-6,8,12H2. The number of rotatable bonds is 4. The van der Waals surface area contributed by atoms with Gasteiger partial charge in [0.25, 0.3) is 5.91 Å². The Balaban J connectivity index is 2.00. The highest BCUT2D eigenvalue weighted by molar-refractivity contribution is 5.92. The molecule has 1 aliphatic rings. The molecule has 1 fully saturated rings. The van der Waals surface area contributed by atoms with E-state index in [4.69, 9.17) is 10.8 Å². The molecule has 0 spiro atoms. The SMILES string of the molecule is NCCn1cc(C(=O)N2CCCC(CO)C2)nn1. The molecule has 18 heavy (non-hydrogen) atoms. The smallest absolute Gasteiger partial charge is 0.276 e. The number of aliphatic hydroxyl groups is 1. The predicted molar refractivity (Wildman–Crippen MR) is 64.8 cm³/mol. The summed E-state index contributed by atoms with van der Waals surface area (Å²) in [5, 5.41) is 16.9. The maximum absolute atomic E-state index is 12.2. The normalized spacial score (nSPS) is 20.1. The second-order valence-corrected chi connectivity index (χ2v) is 4.60. The fourth-order valence-electron chi connectivity index (χ4n) is 2.20. The molecule has 1 amide bonds. The zero-order valence-corrected chi connectivity index (χ0v) is 10.3. The fourth-order valence-corrected chi connectivity index (χ4v) is 2.20. The average Bonchev–Trinajstić information content (AvgIpc) is 2.87. The van der Waals surface area contributed by atoms with E-state index in [1.54, 1.807) is 15.8 Å². The minimum atomic E-state index is -0.114. The van der Waals surface area contributed by atoms with Crippen LogP contribution in [0.5, 0.6) is 0 Å². The maximum atomic E-state index is 12.2. The molecule has 1 atom stereocenters. The lowest BCUT2D eigenvalue weighted by atomic mass is 9.99. The van der Waals surface area contributed by atoms with E-state index < -0.39 is 0 Å². The van der Waals surface area contributed by atoms with Crippen molar-refractivity contribution in [2.24, 2.45) is 11.7 Å². The molecule has 7 nitrogen and oxygen atoms in total. The topological polar surface area (TPSA) is 97.3 Å². The van der Waals surface area contributed by atoms with Gasteiger partial charge in [0.1, 0.15) is 0 Å². The number of likely N-dealkylation sites (tertiary alicyclic amines) is 1. The Kier molecular flexibility index (Phi) is 4.27. The lowest BCUT2D eigenvalue weighted by Gasteiger charge is -2.31. The Morgan fingerprint density at radius 1 is 1.61 bits per heavy atom. The van der Waals surface area contributed by atoms with Gasteiger partial charge in [-0.15, -0.1) is 5.10 Å². The highest BCUT2D eigenvalue weighted by Gasteiger charge is 2.25. The molecule has 1 saturated heterocycles. The van der Waals surface area contributed by atoms with Crippen LogP contribution >= 0.6 is 0 Å². The molecular weight excluding hydrogens is 234 g/mol. The van der Waals surface area contributed by atoms with Gasteiger partial charge < -0.3 is 15.7 Å². The molecular formula is C11H19N5O2. The number of nitrogens with two attached hydrogens (primary N) is 1. The molecule has 0 saturated carbocycles. The van der Waals surface area contributed by atoms with Crippen LogP contribution in [-0.4, -0.2) is 57.1 Å². The summed E-state index contributed by atoms with van der Waals surface area (Å²) >= 11 is 0. The number of aliphatic hydroxyl groups excluding tert-OH is 1. The van der Waals surface area contributed by atoms with Gasteiger partial charge in [0.15, 0.2) is 5.69 Å². The van der Waals surface area contributed by atoms with Crippen LogP contribution in [0.3, 0.4) is 0 Å². The van der Waals surface area contributed by atoms with Crippen LogP contribution in [-0.2, 0) is 6.54 Å². The largest absolute Gasteiger partial charge is 0.396 e. The van der Waals surface area contributed by atoms with Gasteiger partial charge in [-0.2, -0.15) is 0 Å². The molecule has 7 heteroatoms. The van der Waals surface area contributed by atoms with Crippen LogP contribution < -0.4 is 5.73 Å². The van der Waals surface area contributed by atoms with Gasteiger partial charge in [-0.3, -0.25) is 9.48 Å². The maximum Gasteiger partial charge on any atom is 0.276 e. The molecule has 2 rings (SSSR count). The zero-order valence-electron chi connectivity index (χ0n) is 10.3. The second kappa shape index (κ2) is 5.92. The fraction of sp³-hybridized carbons (Fsp3) is 0.727. The van der Waals surface area contributed by atoms with Crippen molar-refractivity contribution >= 4 is 5.91 Å². The first kappa shape index (κ1) is 13.0. The predicted octanol–water partition coefficient (Wildman–Crippen LogP) is -0.919. The van der Waals surface area contributed by atoms with Crippen LogP contribution in [0.25, 0.3) is 0 Å². The monoisotopic (exact) mass is 253 g/mol. The Hall–Kier alpha value is -1.47. The van der Waals surface area contributed by atoms with Crippen molar-refractivity contribution in [2.75, 3.05) is 26.2 Å². The van der Waals surface area contributed by atoms with Gasteiger partial charge in [0.2, 0.25) is 0 Å². The van der Waals surface area contributed by atoms with E-state index in [2.05, 4.69) is 10.3 Å². The highest BCUT2D eigenvalue weighted by Crippen LogP contribution is 2.17. The van der Waals surface area contributed by atoms with Crippen molar-refractivity contribution < 1.29 is 9.90 Å². The van der Waals surface area contributed by atoms with E-state index >= 15 is 0 Å². The zero-order chi connectivity index (χ0) is 13.0. The van der Waals surface area contributed by atoms with Crippen molar-refractivity contribution in [1.82, 2.24) is 19.9 Å². The molecule has 0 aromatic carbocycles. The first-order valence-electron chi connectivity index (χ1n) is 6.25. The molecule has 1 unspecified atom stereocenters. The van der Waals surface area contributed by atoms with Crippen molar-refractivity contribution in [1.29, 1.82) is 0 Å². The van der Waals surface area contributed by atoms with Crippen molar-refractivity contribution in [3.8, 4) is 0 Å². The Labute approximate surface area is 106 Å². The molecule has 0 radical (unpaired) electrons. The van der Waals surface area contributed by atoms with E-state index in [-0.39, 0.29) is 18.4 Å². The number of hydrogen-bond acceptors (Lipinski definition) is 5. The molecule has 1 aromatic rings. The summed E-state index contributed by atoms with van der Waals surface area (Å²) in [6, 6.07) is 0. The molecule has 1 aliphatic heterocycles. The molecule has 100 valence electrons. The average molecular weight is 253 g/mol. The second-order valence-electron chi connectivity index (χ2n) is 4.60. The van der Waals surface area contributed by atoms with E-state index in [1.807, 2.05) is 0 Å². The van der Waals surface area contributed by atoms with Gasteiger partial charge in [0, 0.05) is 26.2 Å². The Morgan fingerprint density at radius 2 is 2.44 bits per heavy atom. The number of nitrogens with zero attached hydrogens (tertiary/aromatic N) is 4. The van der Waals surface area contributed by atoms with Crippen molar-refractivity contribution in [2.45, 2.75) is 19.4 Å². The molecule has 2 heterocycles. The van der Waals surface area contributed by atoms with Gasteiger partial charge in [0.05, 0.1) is 12.7 Å². The molecule has 3 N–H and O–H groups in total. The quantitative estimate of drug-likeness (QED) is 0.723. The van der Waals surface area contributed by atoms with E-state index in [1.165, 1.54) is 0 Å². The third-order valence-electron chi connectivity index (χ3n) is 3.18. The lowest BCUT2D eigenvalue weighted by molar-refractivity contribution is 0.0615. The van der Waals surface area contributed by atoms with Crippen LogP contribution in [0.4, 0.5) is 0 Å². The number of aromatic nitrogens is 3. The number of hydrogen-bond donors (Lipinski definition) is 2. The summed E-state index contributed by atoms with van der Waals surface area (Å²) in [7, 11) is 0. The molecule has 0 bridgehead atoms. The van der Waals surface area contributed by atoms with Crippen LogP contribution in [0.15, 0.2) is 6.20 Å². The first-order valence-corrected chi connectivity index (χ1v) is 6.25. The van der Waals surface area contributed by atoms with E-state index in [0.717, 1.165) is 19.4 Å². The summed E-state index contributed by atoms with van der Waals surface area (Å²) < 4.78 is 1.57. The Bertz CT molecular complexity index is 406. The van der Waals surface area contributed by atoms with Crippen LogP contribution in [0, 0.1) is 5.92 Å². The highest BCUT2D eigenvalue weighted by atomic mass is 16.3. The number of amides is 1. The summed E-state index contributed by atoms with van der Waals surface area (Å²) in [6.07, 6.45) is 3.52. The van der Waals surface area contributed by atoms with Gasteiger partial charge >= 0.3 is 0 Å². The Morgan fingerprint density at radius 3 is 3.17 bits per heavy atom. The van der Waals surface area contributed by atoms with Crippen molar-refractivity contribution in [3.05, 3.63) is 11.9 Å².